The number of hydrogen-bond acceptors (Lipinski definition) is 6. The molecule has 0 spiro atoms. The Kier molecular flexibility index (Phi) is 7.08. The van der Waals surface area contributed by atoms with E-state index in [4.69, 9.17) is 14.2 Å². The molecular formula is C28H34N2O6Se. The quantitative estimate of drug-likeness (QED) is 0.311. The van der Waals surface area contributed by atoms with E-state index in [1.807, 2.05) is 54.6 Å². The third-order valence-corrected chi connectivity index (χ3v) is 9.17. The van der Waals surface area contributed by atoms with Crippen LogP contribution >= 0.6 is 0 Å². The molecule has 2 aromatic rings. The van der Waals surface area contributed by atoms with Crippen LogP contribution in [0.1, 0.15) is 53.5 Å². The molecule has 2 aromatic carbocycles. The number of amides is 2. The van der Waals surface area contributed by atoms with Crippen molar-refractivity contribution in [3.05, 3.63) is 60.2 Å². The zero-order chi connectivity index (χ0) is 27.2. The molecule has 4 rings (SSSR count). The summed E-state index contributed by atoms with van der Waals surface area (Å²) in [6.07, 6.45) is -1.82. The molecule has 8 nitrogen and oxygen atoms in total. The summed E-state index contributed by atoms with van der Waals surface area (Å²) in [5, 5.41) is 0. The van der Waals surface area contributed by atoms with Crippen LogP contribution in [0.25, 0.3) is 0 Å². The molecule has 9 heteroatoms. The molecule has 2 aliphatic rings. The zero-order valence-corrected chi connectivity index (χ0v) is 24.0. The van der Waals surface area contributed by atoms with Gasteiger partial charge in [-0.1, -0.05) is 0 Å². The van der Waals surface area contributed by atoms with Crippen LogP contribution in [0.5, 0.6) is 0 Å². The average molecular weight is 574 g/mol. The Labute approximate surface area is 224 Å². The van der Waals surface area contributed by atoms with Crippen LogP contribution in [-0.4, -0.2) is 68.5 Å². The zero-order valence-electron chi connectivity index (χ0n) is 22.3. The predicted octanol–water partition coefficient (Wildman–Crippen LogP) is 4.18. The van der Waals surface area contributed by atoms with Gasteiger partial charge in [0.15, 0.2) is 0 Å². The number of fused-ring (bicyclic) bond motifs is 3. The number of para-hydroxylation sites is 1. The second-order valence-electron chi connectivity index (χ2n) is 11.2. The van der Waals surface area contributed by atoms with Crippen molar-refractivity contribution in [2.24, 2.45) is 0 Å². The summed E-state index contributed by atoms with van der Waals surface area (Å²) in [7, 11) is 1.30. The summed E-state index contributed by atoms with van der Waals surface area (Å²) in [6.45, 7) is 10.7. The minimum absolute atomic E-state index is 0.283. The Bertz CT molecular complexity index is 1190. The number of benzene rings is 2. The molecule has 1 fully saturated rings. The van der Waals surface area contributed by atoms with Crippen LogP contribution in [0.15, 0.2) is 54.6 Å². The normalized spacial score (nSPS) is 22.8. The van der Waals surface area contributed by atoms with Crippen molar-refractivity contribution in [2.45, 2.75) is 75.7 Å². The molecule has 37 heavy (non-hydrogen) atoms. The average Bonchev–Trinajstić information content (AvgIpc) is 3.26. The Morgan fingerprint density at radius 2 is 1.43 bits per heavy atom. The van der Waals surface area contributed by atoms with Gasteiger partial charge in [-0.05, 0) is 0 Å². The molecular weight excluding hydrogens is 539 g/mol. The van der Waals surface area contributed by atoms with Crippen LogP contribution < -0.4 is 9.36 Å². The summed E-state index contributed by atoms with van der Waals surface area (Å²) in [4.78, 5) is 43.6. The number of likely N-dealkylation sites (tertiary alicyclic amines) is 1. The fraction of sp³-hybridized carbons (Fsp3) is 0.464. The van der Waals surface area contributed by atoms with Gasteiger partial charge in [-0.15, -0.1) is 0 Å². The van der Waals surface area contributed by atoms with Crippen molar-refractivity contribution in [2.75, 3.05) is 12.0 Å². The van der Waals surface area contributed by atoms with Gasteiger partial charge in [0.2, 0.25) is 0 Å². The van der Waals surface area contributed by atoms with E-state index in [2.05, 4.69) is 0 Å². The molecule has 0 bridgehead atoms. The first-order valence-electron chi connectivity index (χ1n) is 12.2. The van der Waals surface area contributed by atoms with Gasteiger partial charge in [0.25, 0.3) is 0 Å². The van der Waals surface area contributed by atoms with E-state index in [0.717, 1.165) is 10.0 Å². The first-order valence-corrected chi connectivity index (χ1v) is 13.9. The van der Waals surface area contributed by atoms with Gasteiger partial charge in [0, 0.05) is 0 Å². The maximum atomic E-state index is 13.8. The number of methoxy groups -OCH3 is 1. The molecule has 2 aliphatic heterocycles. The summed E-state index contributed by atoms with van der Waals surface area (Å²) in [5.41, 5.74) is -0.0135. The van der Waals surface area contributed by atoms with E-state index in [1.54, 1.807) is 41.5 Å². The fourth-order valence-electron chi connectivity index (χ4n) is 4.87. The molecule has 0 N–H and O–H groups in total. The molecule has 0 radical (unpaired) electrons. The van der Waals surface area contributed by atoms with E-state index in [9.17, 15) is 14.4 Å². The van der Waals surface area contributed by atoms with Crippen LogP contribution in [-0.2, 0) is 23.3 Å². The van der Waals surface area contributed by atoms with Crippen molar-refractivity contribution in [3.8, 4) is 0 Å². The summed E-state index contributed by atoms with van der Waals surface area (Å²) in [5.74, 6) is -0.551. The molecule has 0 saturated carbocycles. The monoisotopic (exact) mass is 574 g/mol. The molecule has 0 aliphatic carbocycles. The standard InChI is InChI=1S/C28H34N2O6Se/c1-26(2,3)35-24(32)29-20-16-12-11-15-19(20)28(37-18-13-9-8-10-14-18)17-21(22(31)34-7)30(23(28)29)25(33)36-27(4,5)6/h8-16,21,23H,17H2,1-7H3/t21-,23+,28-/m0/s1. The van der Waals surface area contributed by atoms with E-state index < -0.39 is 45.9 Å². The van der Waals surface area contributed by atoms with Gasteiger partial charge in [0.05, 0.1) is 0 Å². The molecule has 2 amide bonds. The molecule has 198 valence electrons. The Morgan fingerprint density at radius 1 is 0.865 bits per heavy atom. The molecule has 1 saturated heterocycles. The van der Waals surface area contributed by atoms with Gasteiger partial charge < -0.3 is 0 Å². The Hall–Kier alpha value is -3.03. The molecule has 2 heterocycles. The van der Waals surface area contributed by atoms with E-state index in [1.165, 1.54) is 16.9 Å². The number of esters is 1. The topological polar surface area (TPSA) is 85.4 Å². The Morgan fingerprint density at radius 3 is 2.03 bits per heavy atom. The molecule has 0 aromatic heterocycles. The summed E-state index contributed by atoms with van der Waals surface area (Å²) in [6, 6.07) is 16.6. The first kappa shape index (κ1) is 27.0. The number of hydrogen-bond donors (Lipinski definition) is 0. The van der Waals surface area contributed by atoms with E-state index in [0.29, 0.717) is 5.69 Å². The molecule has 3 atom stereocenters. The third-order valence-electron chi connectivity index (χ3n) is 6.09. The predicted molar refractivity (Wildman–Crippen MR) is 141 cm³/mol. The maximum absolute atomic E-state index is 13.8. The molecule has 0 unspecified atom stereocenters. The van der Waals surface area contributed by atoms with Gasteiger partial charge in [-0.25, -0.2) is 0 Å². The second kappa shape index (κ2) is 9.69. The van der Waals surface area contributed by atoms with Crippen molar-refractivity contribution in [1.29, 1.82) is 0 Å². The van der Waals surface area contributed by atoms with Crippen LogP contribution in [0.3, 0.4) is 0 Å². The van der Waals surface area contributed by atoms with Crippen molar-refractivity contribution in [3.63, 3.8) is 0 Å². The van der Waals surface area contributed by atoms with E-state index in [-0.39, 0.29) is 21.4 Å². The minimum atomic E-state index is -0.936. The van der Waals surface area contributed by atoms with Gasteiger partial charge in [-0.2, -0.15) is 0 Å². The Balaban J connectivity index is 1.94. The first-order chi connectivity index (χ1) is 17.3. The van der Waals surface area contributed by atoms with Crippen LogP contribution in [0, 0.1) is 0 Å². The number of carbonyl (C=O) groups excluding carboxylic acids is 3. The van der Waals surface area contributed by atoms with Crippen molar-refractivity contribution in [1.82, 2.24) is 4.90 Å². The third kappa shape index (κ3) is 5.20. The number of ether oxygens (including phenoxy) is 3. The van der Waals surface area contributed by atoms with Gasteiger partial charge in [-0.3, -0.25) is 0 Å². The number of rotatable bonds is 3. The SMILES string of the molecule is COC(=O)[C@@H]1C[C@]2([Se]c3ccccc3)c3ccccc3N(C(=O)OC(C)(C)C)[C@@H]2N1C(=O)OC(C)(C)C. The summed E-state index contributed by atoms with van der Waals surface area (Å²) >= 11 is -0.283. The second-order valence-corrected chi connectivity index (χ2v) is 14.1. The van der Waals surface area contributed by atoms with E-state index >= 15 is 0 Å². The number of nitrogens with zero attached hydrogens (tertiary/aromatic N) is 2. The van der Waals surface area contributed by atoms with Gasteiger partial charge in [0.1, 0.15) is 0 Å². The van der Waals surface area contributed by atoms with Gasteiger partial charge >= 0.3 is 225 Å². The van der Waals surface area contributed by atoms with Crippen molar-refractivity contribution < 1.29 is 28.6 Å². The van der Waals surface area contributed by atoms with Crippen LogP contribution in [0.4, 0.5) is 15.3 Å². The summed E-state index contributed by atoms with van der Waals surface area (Å²) < 4.78 is 17.1. The number of carbonyl (C=O) groups is 3. The fourth-order valence-corrected chi connectivity index (χ4v) is 8.15. The van der Waals surface area contributed by atoms with Crippen molar-refractivity contribution >= 4 is 43.3 Å². The van der Waals surface area contributed by atoms with Crippen LogP contribution in [0.2, 0.25) is 0 Å². The number of anilines is 1.